The SMILES string of the molecule is CC/C=C\C/C=C\C/C=C\C/C=C\C/C=C\C/C=C\CCC(=O)OCC(COC(=O)CCCCCCCCCCCC)OC(=O)CCCCC/C=C\CCCCCCCC. The van der Waals surface area contributed by atoms with Crippen molar-refractivity contribution in [2.45, 2.75) is 226 Å². The molecule has 60 heavy (non-hydrogen) atoms. The van der Waals surface area contributed by atoms with Crippen LogP contribution in [0.1, 0.15) is 220 Å². The van der Waals surface area contributed by atoms with Crippen molar-refractivity contribution in [3.8, 4) is 0 Å². The molecule has 0 saturated carbocycles. The largest absolute Gasteiger partial charge is 0.462 e. The highest BCUT2D eigenvalue weighted by molar-refractivity contribution is 5.71. The normalized spacial score (nSPS) is 12.8. The monoisotopic (exact) mass is 835 g/mol. The van der Waals surface area contributed by atoms with Crippen LogP contribution in [0.5, 0.6) is 0 Å². The van der Waals surface area contributed by atoms with Crippen LogP contribution in [0.25, 0.3) is 0 Å². The van der Waals surface area contributed by atoms with Crippen LogP contribution in [-0.4, -0.2) is 37.2 Å². The van der Waals surface area contributed by atoms with Gasteiger partial charge in [-0.2, -0.15) is 0 Å². The lowest BCUT2D eigenvalue weighted by Crippen LogP contribution is -2.30. The van der Waals surface area contributed by atoms with Crippen LogP contribution < -0.4 is 0 Å². The van der Waals surface area contributed by atoms with E-state index in [1.54, 1.807) is 0 Å². The third-order valence-electron chi connectivity index (χ3n) is 10.1. The Balaban J connectivity index is 4.49. The summed E-state index contributed by atoms with van der Waals surface area (Å²) in [6, 6.07) is 0. The lowest BCUT2D eigenvalue weighted by Gasteiger charge is -2.18. The molecule has 0 saturated heterocycles. The Labute approximate surface area is 369 Å². The molecule has 0 aromatic carbocycles. The molecule has 1 unspecified atom stereocenters. The minimum atomic E-state index is -0.811. The van der Waals surface area contributed by atoms with E-state index in [4.69, 9.17) is 14.2 Å². The molecule has 0 rings (SSSR count). The van der Waals surface area contributed by atoms with Gasteiger partial charge in [-0.3, -0.25) is 14.4 Å². The van der Waals surface area contributed by atoms with Crippen LogP contribution in [0.4, 0.5) is 0 Å². The Morgan fingerprint density at radius 2 is 0.683 bits per heavy atom. The van der Waals surface area contributed by atoms with Gasteiger partial charge in [0.25, 0.3) is 0 Å². The first-order valence-corrected chi connectivity index (χ1v) is 24.6. The van der Waals surface area contributed by atoms with Gasteiger partial charge in [0.05, 0.1) is 0 Å². The Morgan fingerprint density at radius 3 is 1.13 bits per heavy atom. The molecule has 0 amide bonds. The van der Waals surface area contributed by atoms with Crippen molar-refractivity contribution in [1.29, 1.82) is 0 Å². The zero-order valence-corrected chi connectivity index (χ0v) is 38.9. The van der Waals surface area contributed by atoms with Gasteiger partial charge in [0, 0.05) is 19.3 Å². The average molecular weight is 835 g/mol. The molecule has 0 bridgehead atoms. The summed E-state index contributed by atoms with van der Waals surface area (Å²) in [6.45, 7) is 6.41. The Morgan fingerprint density at radius 1 is 0.350 bits per heavy atom. The van der Waals surface area contributed by atoms with Crippen LogP contribution in [0.15, 0.2) is 85.1 Å². The van der Waals surface area contributed by atoms with Crippen molar-refractivity contribution in [3.05, 3.63) is 85.1 Å². The van der Waals surface area contributed by atoms with Crippen LogP contribution in [0, 0.1) is 0 Å². The molecular formula is C54H90O6. The first kappa shape index (κ1) is 56.6. The molecule has 0 heterocycles. The topological polar surface area (TPSA) is 78.9 Å². The zero-order valence-electron chi connectivity index (χ0n) is 38.9. The molecule has 0 aromatic rings. The van der Waals surface area contributed by atoms with Gasteiger partial charge in [0.15, 0.2) is 6.10 Å². The van der Waals surface area contributed by atoms with E-state index in [0.29, 0.717) is 19.3 Å². The summed E-state index contributed by atoms with van der Waals surface area (Å²) in [5.74, 6) is -1.01. The molecule has 0 aliphatic rings. The van der Waals surface area contributed by atoms with Gasteiger partial charge in [0.1, 0.15) is 13.2 Å². The van der Waals surface area contributed by atoms with E-state index in [9.17, 15) is 14.4 Å². The summed E-state index contributed by atoms with van der Waals surface area (Å²) in [7, 11) is 0. The third kappa shape index (κ3) is 45.7. The number of hydrogen-bond donors (Lipinski definition) is 0. The smallest absolute Gasteiger partial charge is 0.306 e. The second-order valence-corrected chi connectivity index (χ2v) is 16.0. The van der Waals surface area contributed by atoms with E-state index < -0.39 is 6.10 Å². The Bertz CT molecular complexity index is 1190. The van der Waals surface area contributed by atoms with Gasteiger partial charge in [-0.05, 0) is 83.5 Å². The fourth-order valence-electron chi connectivity index (χ4n) is 6.46. The second kappa shape index (κ2) is 48.3. The van der Waals surface area contributed by atoms with Gasteiger partial charge in [-0.25, -0.2) is 0 Å². The number of carbonyl (C=O) groups excluding carboxylic acids is 3. The van der Waals surface area contributed by atoms with Crippen LogP contribution in [-0.2, 0) is 28.6 Å². The maximum atomic E-state index is 12.7. The number of hydrogen-bond acceptors (Lipinski definition) is 6. The first-order valence-electron chi connectivity index (χ1n) is 24.6. The fraction of sp³-hybridized carbons (Fsp3) is 0.685. The number of rotatable bonds is 43. The molecule has 1 atom stereocenters. The highest BCUT2D eigenvalue weighted by Gasteiger charge is 2.19. The lowest BCUT2D eigenvalue weighted by atomic mass is 10.1. The third-order valence-corrected chi connectivity index (χ3v) is 10.1. The summed E-state index contributed by atoms with van der Waals surface area (Å²) < 4.78 is 16.7. The van der Waals surface area contributed by atoms with Crippen LogP contribution >= 0.6 is 0 Å². The summed E-state index contributed by atoms with van der Waals surface area (Å²) in [6.07, 6.45) is 61.5. The van der Waals surface area contributed by atoms with Crippen molar-refractivity contribution in [3.63, 3.8) is 0 Å². The van der Waals surface area contributed by atoms with E-state index in [1.165, 1.54) is 83.5 Å². The molecule has 0 aliphatic heterocycles. The van der Waals surface area contributed by atoms with E-state index in [-0.39, 0.29) is 37.5 Å². The van der Waals surface area contributed by atoms with Crippen LogP contribution in [0.2, 0.25) is 0 Å². The van der Waals surface area contributed by atoms with Crippen molar-refractivity contribution in [2.75, 3.05) is 13.2 Å². The molecule has 6 nitrogen and oxygen atoms in total. The predicted octanol–water partition coefficient (Wildman–Crippen LogP) is 16.0. The van der Waals surface area contributed by atoms with Gasteiger partial charge in [-0.15, -0.1) is 0 Å². The van der Waals surface area contributed by atoms with Crippen molar-refractivity contribution in [2.24, 2.45) is 0 Å². The maximum absolute atomic E-state index is 12.7. The van der Waals surface area contributed by atoms with E-state index in [2.05, 4.69) is 93.7 Å². The highest BCUT2D eigenvalue weighted by atomic mass is 16.6. The van der Waals surface area contributed by atoms with E-state index in [1.807, 2.05) is 12.2 Å². The molecule has 0 spiro atoms. The molecule has 0 fully saturated rings. The van der Waals surface area contributed by atoms with Gasteiger partial charge in [-0.1, -0.05) is 202 Å². The Hall–Kier alpha value is -3.41. The van der Waals surface area contributed by atoms with Gasteiger partial charge < -0.3 is 14.2 Å². The highest BCUT2D eigenvalue weighted by Crippen LogP contribution is 2.13. The first-order chi connectivity index (χ1) is 29.5. The van der Waals surface area contributed by atoms with Crippen molar-refractivity contribution < 1.29 is 28.6 Å². The molecule has 0 N–H and O–H groups in total. The predicted molar refractivity (Wildman–Crippen MR) is 256 cm³/mol. The number of unbranched alkanes of at least 4 members (excludes halogenated alkanes) is 18. The Kier molecular flexibility index (Phi) is 45.5. The number of allylic oxidation sites excluding steroid dienone is 14. The standard InChI is InChI=1S/C54H90O6/c1-4-7-10-13-16-19-22-24-25-26-27-28-29-31-32-35-38-41-44-47-53(56)59-50-51(49-58-52(55)46-43-40-37-34-21-18-15-12-9-6-3)60-54(57)48-45-42-39-36-33-30-23-20-17-14-11-8-5-2/h7,10,16,19,24-25,27-28,30-33,38,41,51H,4-6,8-9,11-15,17-18,20-23,26,29,34-37,39-40,42-50H2,1-3H3/b10-7-,19-16-,25-24-,28-27-,32-31-,33-30-,41-38-. The number of ether oxygens (including phenoxy) is 3. The number of carbonyl (C=O) groups is 3. The minimum absolute atomic E-state index is 0.105. The van der Waals surface area contributed by atoms with Gasteiger partial charge >= 0.3 is 17.9 Å². The summed E-state index contributed by atoms with van der Waals surface area (Å²) in [5.41, 5.74) is 0. The average Bonchev–Trinajstić information content (AvgIpc) is 3.24. The summed E-state index contributed by atoms with van der Waals surface area (Å²) >= 11 is 0. The van der Waals surface area contributed by atoms with Crippen molar-refractivity contribution >= 4 is 17.9 Å². The molecular weight excluding hydrogens is 745 g/mol. The molecule has 342 valence electrons. The molecule has 0 aliphatic carbocycles. The van der Waals surface area contributed by atoms with E-state index >= 15 is 0 Å². The fourth-order valence-corrected chi connectivity index (χ4v) is 6.46. The summed E-state index contributed by atoms with van der Waals surface area (Å²) in [4.78, 5) is 37.8. The lowest BCUT2D eigenvalue weighted by molar-refractivity contribution is -0.166. The summed E-state index contributed by atoms with van der Waals surface area (Å²) in [5, 5.41) is 0. The quantitative estimate of drug-likeness (QED) is 0.0263. The molecule has 0 radical (unpaired) electrons. The van der Waals surface area contributed by atoms with Crippen molar-refractivity contribution in [1.82, 2.24) is 0 Å². The minimum Gasteiger partial charge on any atom is -0.462 e. The maximum Gasteiger partial charge on any atom is 0.306 e. The van der Waals surface area contributed by atoms with Gasteiger partial charge in [0.2, 0.25) is 0 Å². The molecule has 0 aromatic heterocycles. The molecule has 6 heteroatoms. The van der Waals surface area contributed by atoms with E-state index in [0.717, 1.165) is 89.9 Å². The number of esters is 3. The van der Waals surface area contributed by atoms with Crippen LogP contribution in [0.3, 0.4) is 0 Å². The zero-order chi connectivity index (χ0) is 43.7. The second-order valence-electron chi connectivity index (χ2n) is 16.0.